The molecule has 0 spiro atoms. The van der Waals surface area contributed by atoms with E-state index in [2.05, 4.69) is 11.1 Å². The van der Waals surface area contributed by atoms with Crippen LogP contribution < -0.4 is 11.5 Å². The number of para-hydroxylation sites is 1. The number of hydrogen-bond acceptors (Lipinski definition) is 1. The summed E-state index contributed by atoms with van der Waals surface area (Å²) in [6.07, 6.45) is 2.21. The fraction of sp³-hybridized carbons (Fsp3) is 0.0909. The lowest BCUT2D eigenvalue weighted by Gasteiger charge is -1.92. The second kappa shape index (κ2) is 7.58. The van der Waals surface area contributed by atoms with Crippen LogP contribution in [0.1, 0.15) is 0 Å². The van der Waals surface area contributed by atoms with Gasteiger partial charge in [-0.25, -0.2) is 0 Å². The first-order chi connectivity index (χ1) is 8.06. The number of aromatic nitrogens is 1. The van der Waals surface area contributed by atoms with Gasteiger partial charge in [-0.05, 0) is 6.07 Å². The average molecular weight is 289 g/mol. The minimum absolute atomic E-state index is 0. The van der Waals surface area contributed by atoms with E-state index in [0.29, 0.717) is 0 Å². The molecule has 2 aromatic rings. The third kappa shape index (κ3) is 4.27. The topological polar surface area (TPSA) is 86.4 Å². The number of guanidine groups is 1. The van der Waals surface area contributed by atoms with Crippen molar-refractivity contribution < 1.29 is 4.79 Å². The lowest BCUT2D eigenvalue weighted by atomic mass is 10.2. The molecule has 5 nitrogen and oxygen atoms in total. The molecule has 0 aliphatic heterocycles. The second-order valence-corrected chi connectivity index (χ2v) is 3.67. The van der Waals surface area contributed by atoms with Crippen molar-refractivity contribution in [3.63, 3.8) is 0 Å². The molecule has 1 amide bonds. The molecule has 18 heavy (non-hydrogen) atoms. The molecule has 0 aliphatic carbocycles. The molecule has 0 aliphatic rings. The highest BCUT2D eigenvalue weighted by atomic mass is 35.5. The number of aliphatic imine (C=N–C) groups is 1. The lowest BCUT2D eigenvalue weighted by molar-refractivity contribution is -0.106. The number of nitrogens with zero attached hydrogens (tertiary/aromatic N) is 2. The van der Waals surface area contributed by atoms with Crippen molar-refractivity contribution in [1.29, 1.82) is 0 Å². The first kappa shape index (κ1) is 16.3. The summed E-state index contributed by atoms with van der Waals surface area (Å²) in [5, 5.41) is 1.94. The molecule has 1 aromatic heterocycles. The van der Waals surface area contributed by atoms with Crippen LogP contribution in [0.15, 0.2) is 35.5 Å². The van der Waals surface area contributed by atoms with Crippen LogP contribution in [0.4, 0.5) is 0 Å². The molecule has 0 atom stereocenters. The highest BCUT2D eigenvalue weighted by Gasteiger charge is 2.00. The van der Waals surface area contributed by atoms with Crippen molar-refractivity contribution in [3.05, 3.63) is 35.5 Å². The van der Waals surface area contributed by atoms with Crippen LogP contribution in [-0.2, 0) is 11.8 Å². The third-order valence-corrected chi connectivity index (χ3v) is 2.35. The summed E-state index contributed by atoms with van der Waals surface area (Å²) in [6, 6.07) is 8.09. The van der Waals surface area contributed by atoms with Gasteiger partial charge in [-0.3, -0.25) is 4.79 Å². The summed E-state index contributed by atoms with van der Waals surface area (Å²) < 4.78 is 2.03. The molecule has 1 aromatic carbocycles. The summed E-state index contributed by atoms with van der Waals surface area (Å²) in [6.45, 7) is 0. The van der Waals surface area contributed by atoms with Crippen LogP contribution in [0.25, 0.3) is 10.9 Å². The maximum Gasteiger partial charge on any atom is 0.236 e. The smallest absolute Gasteiger partial charge is 0.236 e. The van der Waals surface area contributed by atoms with E-state index < -0.39 is 0 Å². The Balaban J connectivity index is 0.000000362. The van der Waals surface area contributed by atoms with Crippen LogP contribution in [-0.4, -0.2) is 16.9 Å². The zero-order valence-electron chi connectivity index (χ0n) is 9.71. The number of carbonyl (C=O) groups is 1. The van der Waals surface area contributed by atoms with E-state index in [9.17, 15) is 4.79 Å². The number of amides is 1. The van der Waals surface area contributed by atoms with Gasteiger partial charge < -0.3 is 16.0 Å². The van der Waals surface area contributed by atoms with Gasteiger partial charge in [0.25, 0.3) is 0 Å². The maximum absolute atomic E-state index is 9.27. The van der Waals surface area contributed by atoms with Crippen molar-refractivity contribution in [2.45, 2.75) is 0 Å². The Hall–Kier alpha value is -1.72. The Bertz CT molecular complexity index is 511. The number of fused-ring (bicyclic) bond motifs is 1. The standard InChI is InChI=1S/C9H8ClN.C2H5N3O.ClH/c1-11-6-8(10)7-4-2-3-5-9(7)11;3-2(4)5-1-6;/h2-6H,1H3;1H,(H4,3,4,5,6);1H. The van der Waals surface area contributed by atoms with Crippen LogP contribution in [0.5, 0.6) is 0 Å². The molecular formula is C11H14Cl2N4O. The monoisotopic (exact) mass is 288 g/mol. The molecule has 0 saturated carbocycles. The van der Waals surface area contributed by atoms with E-state index in [4.69, 9.17) is 23.1 Å². The van der Waals surface area contributed by atoms with Gasteiger partial charge in [0.15, 0.2) is 5.96 Å². The van der Waals surface area contributed by atoms with Crippen LogP contribution in [0, 0.1) is 0 Å². The highest BCUT2D eigenvalue weighted by Crippen LogP contribution is 2.23. The van der Waals surface area contributed by atoms with Crippen LogP contribution in [0.2, 0.25) is 5.02 Å². The summed E-state index contributed by atoms with van der Waals surface area (Å²) in [5.41, 5.74) is 10.6. The number of carbonyl (C=O) groups excluding carboxylic acids is 1. The molecule has 0 saturated heterocycles. The van der Waals surface area contributed by atoms with Crippen LogP contribution in [0.3, 0.4) is 0 Å². The van der Waals surface area contributed by atoms with Gasteiger partial charge in [0, 0.05) is 24.1 Å². The van der Waals surface area contributed by atoms with E-state index in [-0.39, 0.29) is 24.8 Å². The fourth-order valence-electron chi connectivity index (χ4n) is 1.35. The van der Waals surface area contributed by atoms with Crippen molar-refractivity contribution in [2.75, 3.05) is 0 Å². The number of nitrogens with two attached hydrogens (primary N) is 2. The van der Waals surface area contributed by atoms with Gasteiger partial charge in [0.2, 0.25) is 6.41 Å². The second-order valence-electron chi connectivity index (χ2n) is 3.26. The normalized spacial score (nSPS) is 8.78. The van der Waals surface area contributed by atoms with E-state index in [1.807, 2.05) is 36.0 Å². The molecule has 98 valence electrons. The number of rotatable bonds is 1. The van der Waals surface area contributed by atoms with E-state index in [1.54, 1.807) is 0 Å². The van der Waals surface area contributed by atoms with Gasteiger partial charge in [0.1, 0.15) is 0 Å². The van der Waals surface area contributed by atoms with Crippen molar-refractivity contribution >= 4 is 47.3 Å². The molecular weight excluding hydrogens is 275 g/mol. The van der Waals surface area contributed by atoms with Gasteiger partial charge in [-0.1, -0.05) is 29.8 Å². The van der Waals surface area contributed by atoms with E-state index >= 15 is 0 Å². The van der Waals surface area contributed by atoms with Gasteiger partial charge >= 0.3 is 0 Å². The van der Waals surface area contributed by atoms with Crippen molar-refractivity contribution in [2.24, 2.45) is 23.5 Å². The number of benzene rings is 1. The summed E-state index contributed by atoms with van der Waals surface area (Å²) in [7, 11) is 1.99. The summed E-state index contributed by atoms with van der Waals surface area (Å²) >= 11 is 5.96. The highest BCUT2D eigenvalue weighted by molar-refractivity contribution is 6.35. The maximum atomic E-state index is 9.27. The Morgan fingerprint density at radius 1 is 1.39 bits per heavy atom. The molecule has 1 heterocycles. The van der Waals surface area contributed by atoms with Crippen molar-refractivity contribution in [3.8, 4) is 0 Å². The predicted octanol–water partition coefficient (Wildman–Crippen LogP) is 1.67. The Morgan fingerprint density at radius 3 is 2.44 bits per heavy atom. The van der Waals surface area contributed by atoms with E-state index in [1.165, 1.54) is 5.52 Å². The average Bonchev–Trinajstić information content (AvgIpc) is 2.56. The number of halogens is 2. The number of hydrogen-bond donors (Lipinski definition) is 2. The van der Waals surface area contributed by atoms with Crippen LogP contribution >= 0.6 is 24.0 Å². The van der Waals surface area contributed by atoms with E-state index in [0.717, 1.165) is 10.4 Å². The molecule has 0 bridgehead atoms. The summed E-state index contributed by atoms with van der Waals surface area (Å²) in [5.74, 6) is -0.204. The molecule has 0 radical (unpaired) electrons. The minimum Gasteiger partial charge on any atom is -0.370 e. The quantitative estimate of drug-likeness (QED) is 0.475. The van der Waals surface area contributed by atoms with Gasteiger partial charge in [0.05, 0.1) is 5.02 Å². The first-order valence-electron chi connectivity index (χ1n) is 4.78. The minimum atomic E-state index is -0.204. The number of aryl methyl sites for hydroxylation is 1. The third-order valence-electron chi connectivity index (χ3n) is 2.05. The molecule has 4 N–H and O–H groups in total. The zero-order chi connectivity index (χ0) is 12.8. The molecule has 7 heteroatoms. The SMILES string of the molecule is Cl.Cn1cc(Cl)c2ccccc21.NC(N)=NC=O. The lowest BCUT2D eigenvalue weighted by Crippen LogP contribution is -2.22. The van der Waals surface area contributed by atoms with Gasteiger partial charge in [-0.15, -0.1) is 12.4 Å². The van der Waals surface area contributed by atoms with Gasteiger partial charge in [-0.2, -0.15) is 4.99 Å². The zero-order valence-corrected chi connectivity index (χ0v) is 11.3. The Morgan fingerprint density at radius 2 is 2.00 bits per heavy atom. The Kier molecular flexibility index (Phi) is 6.85. The predicted molar refractivity (Wildman–Crippen MR) is 77.1 cm³/mol. The Labute approximate surface area is 116 Å². The van der Waals surface area contributed by atoms with Crippen molar-refractivity contribution in [1.82, 2.24) is 4.57 Å². The molecule has 0 fully saturated rings. The molecule has 0 unspecified atom stereocenters. The fourth-order valence-corrected chi connectivity index (χ4v) is 1.66. The molecule has 2 rings (SSSR count). The summed E-state index contributed by atoms with van der Waals surface area (Å²) in [4.78, 5) is 12.2. The first-order valence-corrected chi connectivity index (χ1v) is 5.16. The largest absolute Gasteiger partial charge is 0.370 e.